The second-order valence-corrected chi connectivity index (χ2v) is 8.07. The maximum atomic E-state index is 12.8. The number of likely N-dealkylation sites (N-methyl/N-ethyl adjacent to an activating group) is 1. The Morgan fingerprint density at radius 2 is 2.05 bits per heavy atom. The Kier molecular flexibility index (Phi) is 4.75. The molecule has 1 aliphatic rings. The monoisotopic (exact) mass is 314 g/mol. The molecule has 1 N–H and O–H groups in total. The zero-order chi connectivity index (χ0) is 15.8. The molecule has 1 aromatic heterocycles. The number of nitrogens with one attached hydrogen (secondary N) is 1. The minimum absolute atomic E-state index is 0.370. The molecule has 0 spiro atoms. The van der Waals surface area contributed by atoms with Gasteiger partial charge in [-0.2, -0.15) is 5.10 Å². The van der Waals surface area contributed by atoms with Crippen LogP contribution in [0.1, 0.15) is 24.7 Å². The van der Waals surface area contributed by atoms with Crippen LogP contribution in [0.4, 0.5) is 0 Å². The molecule has 0 aromatic carbocycles. The van der Waals surface area contributed by atoms with Gasteiger partial charge in [-0.1, -0.05) is 6.92 Å². The van der Waals surface area contributed by atoms with Crippen molar-refractivity contribution in [1.82, 2.24) is 19.4 Å². The fourth-order valence-electron chi connectivity index (χ4n) is 2.73. The fourth-order valence-corrected chi connectivity index (χ4v) is 4.32. The summed E-state index contributed by atoms with van der Waals surface area (Å²) < 4.78 is 28.8. The van der Waals surface area contributed by atoms with Crippen LogP contribution in [0.5, 0.6) is 0 Å². The van der Waals surface area contributed by atoms with Gasteiger partial charge in [0.05, 0.1) is 17.9 Å². The van der Waals surface area contributed by atoms with Gasteiger partial charge in [0.1, 0.15) is 4.90 Å². The van der Waals surface area contributed by atoms with Gasteiger partial charge in [-0.25, -0.2) is 12.7 Å². The molecule has 1 heterocycles. The van der Waals surface area contributed by atoms with E-state index in [2.05, 4.69) is 17.3 Å². The number of rotatable bonds is 7. The largest absolute Gasteiger partial charge is 0.318 e. The Balaban J connectivity index is 2.24. The van der Waals surface area contributed by atoms with Crippen molar-refractivity contribution in [3.05, 3.63) is 11.4 Å². The summed E-state index contributed by atoms with van der Waals surface area (Å²) in [5.41, 5.74) is 1.30. The third-order valence-electron chi connectivity index (χ3n) is 4.32. The van der Waals surface area contributed by atoms with E-state index >= 15 is 0 Å². The van der Waals surface area contributed by atoms with Crippen molar-refractivity contribution in [1.29, 1.82) is 0 Å². The Morgan fingerprint density at radius 3 is 2.57 bits per heavy atom. The van der Waals surface area contributed by atoms with Gasteiger partial charge in [0.15, 0.2) is 0 Å². The van der Waals surface area contributed by atoms with Crippen molar-refractivity contribution in [2.75, 3.05) is 27.2 Å². The van der Waals surface area contributed by atoms with E-state index in [1.165, 1.54) is 4.31 Å². The van der Waals surface area contributed by atoms with Crippen LogP contribution in [0.2, 0.25) is 0 Å². The van der Waals surface area contributed by atoms with Crippen LogP contribution in [0.15, 0.2) is 4.90 Å². The zero-order valence-corrected chi connectivity index (χ0v) is 14.4. The number of aromatic nitrogens is 2. The molecule has 7 heteroatoms. The average Bonchev–Trinajstić information content (AvgIpc) is 3.00. The van der Waals surface area contributed by atoms with E-state index in [0.29, 0.717) is 35.5 Å². The summed E-state index contributed by atoms with van der Waals surface area (Å²) in [5, 5.41) is 7.43. The summed E-state index contributed by atoms with van der Waals surface area (Å²) in [6, 6.07) is 0. The first-order valence-corrected chi connectivity index (χ1v) is 8.88. The van der Waals surface area contributed by atoms with Gasteiger partial charge in [0.2, 0.25) is 10.0 Å². The van der Waals surface area contributed by atoms with Gasteiger partial charge in [-0.05, 0) is 39.2 Å². The topological polar surface area (TPSA) is 67.2 Å². The standard InChI is InChI=1S/C14H26N4O2S/c1-10-8-13(10)9-17(5)21(19,20)14-11(2)16-18(12(14)3)7-6-15-4/h10,13,15H,6-9H2,1-5H3. The predicted octanol–water partition coefficient (Wildman–Crippen LogP) is 0.996. The van der Waals surface area contributed by atoms with Crippen LogP contribution >= 0.6 is 0 Å². The van der Waals surface area contributed by atoms with E-state index in [1.807, 2.05) is 14.0 Å². The molecular formula is C14H26N4O2S. The molecule has 2 rings (SSSR count). The first kappa shape index (κ1) is 16.5. The van der Waals surface area contributed by atoms with E-state index in [-0.39, 0.29) is 0 Å². The number of aryl methyl sites for hydroxylation is 1. The van der Waals surface area contributed by atoms with Crippen LogP contribution in [0, 0.1) is 25.7 Å². The minimum Gasteiger partial charge on any atom is -0.318 e. The molecule has 0 bridgehead atoms. The summed E-state index contributed by atoms with van der Waals surface area (Å²) in [5.74, 6) is 1.15. The highest BCUT2D eigenvalue weighted by Gasteiger charge is 2.37. The Hall–Kier alpha value is -0.920. The number of hydrogen-bond acceptors (Lipinski definition) is 4. The molecule has 1 aromatic rings. The number of nitrogens with zero attached hydrogens (tertiary/aromatic N) is 3. The molecule has 120 valence electrons. The Labute approximate surface area is 127 Å². The van der Waals surface area contributed by atoms with Gasteiger partial charge in [-0.3, -0.25) is 4.68 Å². The lowest BCUT2D eigenvalue weighted by Crippen LogP contribution is -2.30. The van der Waals surface area contributed by atoms with Crippen LogP contribution in [0.3, 0.4) is 0 Å². The fraction of sp³-hybridized carbons (Fsp3) is 0.786. The Bertz CT molecular complexity index is 609. The highest BCUT2D eigenvalue weighted by atomic mass is 32.2. The summed E-state index contributed by atoms with van der Waals surface area (Å²) in [4.78, 5) is 0.370. The summed E-state index contributed by atoms with van der Waals surface area (Å²) in [7, 11) is 0.0864. The lowest BCUT2D eigenvalue weighted by molar-refractivity contribution is 0.443. The van der Waals surface area contributed by atoms with Gasteiger partial charge >= 0.3 is 0 Å². The molecule has 2 atom stereocenters. The summed E-state index contributed by atoms with van der Waals surface area (Å²) >= 11 is 0. The SMILES string of the molecule is CNCCn1nc(C)c(S(=O)(=O)N(C)CC2CC2C)c1C. The molecule has 1 aliphatic carbocycles. The highest BCUT2D eigenvalue weighted by molar-refractivity contribution is 7.89. The lowest BCUT2D eigenvalue weighted by Gasteiger charge is -2.17. The lowest BCUT2D eigenvalue weighted by atomic mass is 10.3. The van der Waals surface area contributed by atoms with E-state index < -0.39 is 10.0 Å². The second kappa shape index (κ2) is 6.06. The van der Waals surface area contributed by atoms with Gasteiger partial charge in [-0.15, -0.1) is 0 Å². The summed E-state index contributed by atoms with van der Waals surface area (Å²) in [6.45, 7) is 7.79. The first-order valence-electron chi connectivity index (χ1n) is 7.44. The number of sulfonamides is 1. The quantitative estimate of drug-likeness (QED) is 0.815. The average molecular weight is 314 g/mol. The molecule has 0 saturated heterocycles. The zero-order valence-electron chi connectivity index (χ0n) is 13.5. The van der Waals surface area contributed by atoms with Crippen LogP contribution in [0.25, 0.3) is 0 Å². The van der Waals surface area contributed by atoms with Crippen molar-refractivity contribution >= 4 is 10.0 Å². The third-order valence-corrected chi connectivity index (χ3v) is 6.40. The van der Waals surface area contributed by atoms with Crippen molar-refractivity contribution in [3.63, 3.8) is 0 Å². The number of hydrogen-bond donors (Lipinski definition) is 1. The minimum atomic E-state index is -3.45. The van der Waals surface area contributed by atoms with E-state index in [1.54, 1.807) is 18.7 Å². The maximum Gasteiger partial charge on any atom is 0.246 e. The molecule has 0 aliphatic heterocycles. The van der Waals surface area contributed by atoms with Gasteiger partial charge < -0.3 is 5.32 Å². The smallest absolute Gasteiger partial charge is 0.246 e. The molecule has 0 amide bonds. The van der Waals surface area contributed by atoms with E-state index in [4.69, 9.17) is 0 Å². The molecule has 2 unspecified atom stereocenters. The normalized spacial score (nSPS) is 22.0. The van der Waals surface area contributed by atoms with Crippen molar-refractivity contribution in [3.8, 4) is 0 Å². The third kappa shape index (κ3) is 3.30. The Morgan fingerprint density at radius 1 is 1.43 bits per heavy atom. The van der Waals surface area contributed by atoms with Crippen molar-refractivity contribution in [2.45, 2.75) is 38.6 Å². The van der Waals surface area contributed by atoms with Crippen molar-refractivity contribution < 1.29 is 8.42 Å². The predicted molar refractivity (Wildman–Crippen MR) is 82.7 cm³/mol. The molecule has 21 heavy (non-hydrogen) atoms. The molecular weight excluding hydrogens is 288 g/mol. The summed E-state index contributed by atoms with van der Waals surface area (Å²) in [6.07, 6.45) is 1.12. The molecule has 0 radical (unpaired) electrons. The van der Waals surface area contributed by atoms with Gasteiger partial charge in [0.25, 0.3) is 0 Å². The first-order chi connectivity index (χ1) is 9.78. The molecule has 1 fully saturated rings. The second-order valence-electron chi connectivity index (χ2n) is 6.09. The van der Waals surface area contributed by atoms with Crippen LogP contribution in [-0.2, 0) is 16.6 Å². The van der Waals surface area contributed by atoms with Gasteiger partial charge in [0, 0.05) is 20.1 Å². The van der Waals surface area contributed by atoms with Crippen LogP contribution in [-0.4, -0.2) is 49.7 Å². The van der Waals surface area contributed by atoms with Crippen molar-refractivity contribution in [2.24, 2.45) is 11.8 Å². The maximum absolute atomic E-state index is 12.8. The van der Waals surface area contributed by atoms with Crippen LogP contribution < -0.4 is 5.32 Å². The van der Waals surface area contributed by atoms with E-state index in [0.717, 1.165) is 18.7 Å². The van der Waals surface area contributed by atoms with E-state index in [9.17, 15) is 8.42 Å². The highest BCUT2D eigenvalue weighted by Crippen LogP contribution is 2.39. The molecule has 6 nitrogen and oxygen atoms in total. The molecule has 1 saturated carbocycles.